The van der Waals surface area contributed by atoms with Crippen LogP contribution in [0.1, 0.15) is 23.1 Å². The van der Waals surface area contributed by atoms with Gasteiger partial charge in [0.15, 0.2) is 0 Å². The van der Waals surface area contributed by atoms with Crippen LogP contribution >= 0.6 is 11.3 Å². The summed E-state index contributed by atoms with van der Waals surface area (Å²) in [5.41, 5.74) is 2.12. The van der Waals surface area contributed by atoms with Crippen LogP contribution in [0.3, 0.4) is 0 Å². The number of hydrogen-bond donors (Lipinski definition) is 1. The van der Waals surface area contributed by atoms with E-state index in [0.29, 0.717) is 6.61 Å². The van der Waals surface area contributed by atoms with Crippen LogP contribution in [0, 0.1) is 6.92 Å². The Morgan fingerprint density at radius 2 is 2.32 bits per heavy atom. The summed E-state index contributed by atoms with van der Waals surface area (Å²) < 4.78 is 5.92. The molecular weight excluding hydrogens is 256 g/mol. The van der Waals surface area contributed by atoms with Crippen LogP contribution in [0.5, 0.6) is 5.75 Å². The van der Waals surface area contributed by atoms with Gasteiger partial charge in [-0.2, -0.15) is 0 Å². The number of aryl methyl sites for hydroxylation is 1. The van der Waals surface area contributed by atoms with E-state index in [4.69, 9.17) is 4.74 Å². The highest BCUT2D eigenvalue weighted by molar-refractivity contribution is 7.09. The third-order valence-electron chi connectivity index (χ3n) is 2.83. The van der Waals surface area contributed by atoms with Gasteiger partial charge in [0.25, 0.3) is 0 Å². The van der Waals surface area contributed by atoms with Crippen molar-refractivity contribution in [2.45, 2.75) is 26.8 Å². The van der Waals surface area contributed by atoms with Gasteiger partial charge in [0.05, 0.1) is 6.61 Å². The van der Waals surface area contributed by atoms with E-state index in [9.17, 15) is 0 Å². The van der Waals surface area contributed by atoms with E-state index in [-0.39, 0.29) is 0 Å². The average Bonchev–Trinajstić information content (AvgIpc) is 2.91. The summed E-state index contributed by atoms with van der Waals surface area (Å²) >= 11 is 1.77. The molecule has 0 fully saturated rings. The van der Waals surface area contributed by atoms with Gasteiger partial charge in [-0.3, -0.25) is 4.98 Å². The molecule has 0 atom stereocenters. The van der Waals surface area contributed by atoms with E-state index in [0.717, 1.165) is 36.5 Å². The van der Waals surface area contributed by atoms with Gasteiger partial charge in [-0.05, 0) is 24.9 Å². The largest absolute Gasteiger partial charge is 0.493 e. The van der Waals surface area contributed by atoms with Gasteiger partial charge in [-0.15, -0.1) is 11.3 Å². The molecule has 102 valence electrons. The fraction of sp³-hybridized carbons (Fsp3) is 0.400. The van der Waals surface area contributed by atoms with Gasteiger partial charge in [-0.25, -0.2) is 0 Å². The van der Waals surface area contributed by atoms with Gasteiger partial charge in [0, 0.05) is 41.4 Å². The second-order valence-corrected chi connectivity index (χ2v) is 5.42. The Bertz CT molecular complexity index is 497. The summed E-state index contributed by atoms with van der Waals surface area (Å²) in [7, 11) is 0. The van der Waals surface area contributed by atoms with Crippen molar-refractivity contribution in [3.8, 4) is 5.75 Å². The number of nitrogens with zero attached hydrogens (tertiary/aromatic N) is 1. The minimum atomic E-state index is 0.711. The summed E-state index contributed by atoms with van der Waals surface area (Å²) in [5, 5.41) is 5.41. The first-order valence-electron chi connectivity index (χ1n) is 6.61. The predicted octanol–water partition coefficient (Wildman–Crippen LogP) is 3.18. The van der Waals surface area contributed by atoms with Crippen molar-refractivity contribution in [3.63, 3.8) is 0 Å². The molecule has 2 aromatic rings. The maximum Gasteiger partial charge on any atom is 0.127 e. The summed E-state index contributed by atoms with van der Waals surface area (Å²) in [4.78, 5) is 5.69. The molecule has 4 heteroatoms. The maximum atomic E-state index is 5.92. The van der Waals surface area contributed by atoms with Crippen molar-refractivity contribution in [1.29, 1.82) is 0 Å². The van der Waals surface area contributed by atoms with Crippen LogP contribution in [0.25, 0.3) is 0 Å². The molecule has 0 amide bonds. The Morgan fingerprint density at radius 3 is 3.05 bits per heavy atom. The number of hydrogen-bond acceptors (Lipinski definition) is 4. The van der Waals surface area contributed by atoms with Gasteiger partial charge >= 0.3 is 0 Å². The summed E-state index contributed by atoms with van der Waals surface area (Å²) in [6, 6.07) is 6.24. The fourth-order valence-electron chi connectivity index (χ4n) is 1.81. The third-order valence-corrected chi connectivity index (χ3v) is 3.77. The molecule has 2 rings (SSSR count). The lowest BCUT2D eigenvalue weighted by Gasteiger charge is -2.12. The highest BCUT2D eigenvalue weighted by Crippen LogP contribution is 2.19. The van der Waals surface area contributed by atoms with Crippen molar-refractivity contribution in [2.75, 3.05) is 13.2 Å². The molecule has 0 unspecified atom stereocenters. The van der Waals surface area contributed by atoms with E-state index in [1.54, 1.807) is 11.3 Å². The number of rotatable bonds is 7. The van der Waals surface area contributed by atoms with Crippen molar-refractivity contribution in [3.05, 3.63) is 45.9 Å². The molecule has 2 aromatic heterocycles. The predicted molar refractivity (Wildman–Crippen MR) is 79.9 cm³/mol. The van der Waals surface area contributed by atoms with E-state index in [2.05, 4.69) is 34.7 Å². The van der Waals surface area contributed by atoms with Crippen LogP contribution in [0.4, 0.5) is 0 Å². The molecule has 0 saturated carbocycles. The maximum absolute atomic E-state index is 5.92. The first kappa shape index (κ1) is 14.0. The molecule has 0 spiro atoms. The van der Waals surface area contributed by atoms with Crippen LogP contribution < -0.4 is 10.1 Å². The second-order valence-electron chi connectivity index (χ2n) is 4.39. The Kier molecular flexibility index (Phi) is 5.36. The smallest absolute Gasteiger partial charge is 0.127 e. The Balaban J connectivity index is 1.95. The van der Waals surface area contributed by atoms with Crippen LogP contribution in [-0.2, 0) is 13.0 Å². The molecule has 0 aliphatic carbocycles. The number of ether oxygens (including phenoxy) is 1. The zero-order valence-corrected chi connectivity index (χ0v) is 12.3. The molecule has 0 aliphatic heterocycles. The van der Waals surface area contributed by atoms with Gasteiger partial charge in [0.2, 0.25) is 0 Å². The van der Waals surface area contributed by atoms with Crippen LogP contribution in [-0.4, -0.2) is 18.1 Å². The zero-order valence-electron chi connectivity index (χ0n) is 11.5. The van der Waals surface area contributed by atoms with E-state index in [1.807, 2.05) is 19.2 Å². The van der Waals surface area contributed by atoms with Gasteiger partial charge in [0.1, 0.15) is 5.75 Å². The quantitative estimate of drug-likeness (QED) is 0.843. The standard InChI is InChI=1S/C15H20N2OS/c1-3-16-10-13-11-17-12(2)9-15(13)18-7-6-14-5-4-8-19-14/h4-5,8-9,11,16H,3,6-7,10H2,1-2H3. The molecule has 2 heterocycles. The first-order chi connectivity index (χ1) is 9.29. The highest BCUT2D eigenvalue weighted by Gasteiger charge is 2.05. The normalized spacial score (nSPS) is 10.6. The van der Waals surface area contributed by atoms with Crippen molar-refractivity contribution in [2.24, 2.45) is 0 Å². The van der Waals surface area contributed by atoms with Gasteiger partial charge in [-0.1, -0.05) is 13.0 Å². The SMILES string of the molecule is CCNCc1cnc(C)cc1OCCc1cccs1. The van der Waals surface area contributed by atoms with Crippen molar-refractivity contribution < 1.29 is 4.74 Å². The average molecular weight is 276 g/mol. The lowest BCUT2D eigenvalue weighted by molar-refractivity contribution is 0.318. The molecule has 1 N–H and O–H groups in total. The number of thiophene rings is 1. The van der Waals surface area contributed by atoms with E-state index < -0.39 is 0 Å². The molecular formula is C15H20N2OS. The molecule has 0 aromatic carbocycles. The van der Waals surface area contributed by atoms with Crippen molar-refractivity contribution in [1.82, 2.24) is 10.3 Å². The third kappa shape index (κ3) is 4.33. The highest BCUT2D eigenvalue weighted by atomic mass is 32.1. The molecule has 0 aliphatic rings. The Morgan fingerprint density at radius 1 is 1.42 bits per heavy atom. The Hall–Kier alpha value is -1.39. The summed E-state index contributed by atoms with van der Waals surface area (Å²) in [5.74, 6) is 0.949. The minimum Gasteiger partial charge on any atom is -0.493 e. The first-order valence-corrected chi connectivity index (χ1v) is 7.49. The minimum absolute atomic E-state index is 0.711. The monoisotopic (exact) mass is 276 g/mol. The number of pyridine rings is 1. The zero-order chi connectivity index (χ0) is 13.5. The second kappa shape index (κ2) is 7.26. The van der Waals surface area contributed by atoms with E-state index >= 15 is 0 Å². The van der Waals surface area contributed by atoms with E-state index in [1.165, 1.54) is 4.88 Å². The van der Waals surface area contributed by atoms with Gasteiger partial charge < -0.3 is 10.1 Å². The fourth-order valence-corrected chi connectivity index (χ4v) is 2.50. The molecule has 0 radical (unpaired) electrons. The lowest BCUT2D eigenvalue weighted by Crippen LogP contribution is -2.14. The Labute approximate surface area is 118 Å². The summed E-state index contributed by atoms with van der Waals surface area (Å²) in [6.07, 6.45) is 2.86. The molecule has 0 bridgehead atoms. The van der Waals surface area contributed by atoms with Crippen LogP contribution in [0.2, 0.25) is 0 Å². The molecule has 3 nitrogen and oxygen atoms in total. The number of nitrogens with one attached hydrogen (secondary N) is 1. The van der Waals surface area contributed by atoms with Crippen LogP contribution in [0.15, 0.2) is 29.8 Å². The molecule has 19 heavy (non-hydrogen) atoms. The molecule has 0 saturated heterocycles. The van der Waals surface area contributed by atoms with Crippen molar-refractivity contribution >= 4 is 11.3 Å². The number of aromatic nitrogens is 1. The lowest BCUT2D eigenvalue weighted by atomic mass is 10.2. The topological polar surface area (TPSA) is 34.2 Å². The summed E-state index contributed by atoms with van der Waals surface area (Å²) in [6.45, 7) is 6.55.